The van der Waals surface area contributed by atoms with Gasteiger partial charge in [0, 0.05) is 15.5 Å². The molecule has 2 aromatic heterocycles. The van der Waals surface area contributed by atoms with E-state index in [1.165, 1.54) is 23.7 Å². The summed E-state index contributed by atoms with van der Waals surface area (Å²) in [4.78, 5) is 31.4. The Morgan fingerprint density at radius 2 is 1.91 bits per heavy atom. The molecule has 1 N–H and O–H groups in total. The summed E-state index contributed by atoms with van der Waals surface area (Å²) in [6.07, 6.45) is -3.48. The number of rotatable bonds is 4. The van der Waals surface area contributed by atoms with Crippen LogP contribution in [0.1, 0.15) is 10.4 Å². The van der Waals surface area contributed by atoms with Crippen LogP contribution in [0.5, 0.6) is 0 Å². The van der Waals surface area contributed by atoms with E-state index in [4.69, 9.17) is 11.6 Å². The molecule has 0 aliphatic rings. The normalized spacial score (nSPS) is 11.7. The van der Waals surface area contributed by atoms with Crippen LogP contribution in [0.4, 0.5) is 18.9 Å². The lowest BCUT2D eigenvalue weighted by molar-refractivity contribution is -0.137. The Hall–Kier alpha value is -3.17. The molecule has 2 heterocycles. The number of thiophene rings is 1. The van der Waals surface area contributed by atoms with Gasteiger partial charge in [-0.05, 0) is 30.7 Å². The number of anilines is 1. The van der Waals surface area contributed by atoms with Crippen molar-refractivity contribution in [2.24, 2.45) is 0 Å². The van der Waals surface area contributed by atoms with Crippen molar-refractivity contribution in [3.63, 3.8) is 0 Å². The Balaban J connectivity index is 1.68. The molecule has 0 spiro atoms. The van der Waals surface area contributed by atoms with Crippen molar-refractivity contribution in [1.29, 1.82) is 0 Å². The maximum atomic E-state index is 13.3. The fourth-order valence-corrected chi connectivity index (χ4v) is 4.58. The van der Waals surface area contributed by atoms with E-state index >= 15 is 0 Å². The van der Waals surface area contributed by atoms with E-state index in [2.05, 4.69) is 10.3 Å². The lowest BCUT2D eigenvalue weighted by Crippen LogP contribution is -2.28. The van der Waals surface area contributed by atoms with E-state index in [1.807, 2.05) is 37.3 Å². The van der Waals surface area contributed by atoms with Gasteiger partial charge >= 0.3 is 6.18 Å². The van der Waals surface area contributed by atoms with Crippen molar-refractivity contribution in [3.05, 3.63) is 80.7 Å². The molecule has 1 amide bonds. The number of amides is 1. The van der Waals surface area contributed by atoms with Crippen molar-refractivity contribution in [2.45, 2.75) is 19.6 Å². The molecule has 0 saturated heterocycles. The number of benzene rings is 2. The molecule has 0 aliphatic carbocycles. The fourth-order valence-electron chi connectivity index (χ4n) is 3.41. The van der Waals surface area contributed by atoms with Gasteiger partial charge in [0.05, 0.1) is 23.0 Å². The highest BCUT2D eigenvalue weighted by molar-refractivity contribution is 7.19. The molecule has 164 valence electrons. The lowest BCUT2D eigenvalue weighted by Gasteiger charge is -2.14. The number of alkyl halides is 3. The quantitative estimate of drug-likeness (QED) is 0.407. The first kappa shape index (κ1) is 22.0. The van der Waals surface area contributed by atoms with Gasteiger partial charge in [-0.3, -0.25) is 14.2 Å². The molecule has 0 aliphatic heterocycles. The van der Waals surface area contributed by atoms with Gasteiger partial charge < -0.3 is 5.32 Å². The third kappa shape index (κ3) is 4.26. The first-order chi connectivity index (χ1) is 15.1. The highest BCUT2D eigenvalue weighted by atomic mass is 35.5. The highest BCUT2D eigenvalue weighted by Gasteiger charge is 2.34. The number of halogens is 4. The predicted molar refractivity (Wildman–Crippen MR) is 119 cm³/mol. The van der Waals surface area contributed by atoms with Crippen LogP contribution in [-0.4, -0.2) is 15.5 Å². The van der Waals surface area contributed by atoms with E-state index in [1.54, 1.807) is 0 Å². The summed E-state index contributed by atoms with van der Waals surface area (Å²) in [6, 6.07) is 12.4. The van der Waals surface area contributed by atoms with Crippen molar-refractivity contribution in [2.75, 3.05) is 5.32 Å². The zero-order valence-corrected chi connectivity index (χ0v) is 18.1. The SMILES string of the molecule is Cc1sc2ncn(CC(=O)Nc3ccc(Cl)cc3C(F)(F)F)c(=O)c2c1-c1ccccc1. The van der Waals surface area contributed by atoms with Crippen LogP contribution in [0.3, 0.4) is 0 Å². The highest BCUT2D eigenvalue weighted by Crippen LogP contribution is 2.37. The molecule has 32 heavy (non-hydrogen) atoms. The Kier molecular flexibility index (Phi) is 5.79. The molecule has 0 fully saturated rings. The number of hydrogen-bond donors (Lipinski definition) is 1. The second kappa shape index (κ2) is 8.40. The minimum absolute atomic E-state index is 0.109. The summed E-state index contributed by atoms with van der Waals surface area (Å²) in [6.45, 7) is 1.38. The maximum absolute atomic E-state index is 13.3. The minimum Gasteiger partial charge on any atom is -0.324 e. The molecule has 4 rings (SSSR count). The number of aryl methyl sites for hydroxylation is 1. The number of carbonyl (C=O) groups is 1. The van der Waals surface area contributed by atoms with E-state index in [-0.39, 0.29) is 5.02 Å². The zero-order chi connectivity index (χ0) is 23.0. The fraction of sp³-hybridized carbons (Fsp3) is 0.136. The average molecular weight is 478 g/mol. The van der Waals surface area contributed by atoms with Gasteiger partial charge in [0.15, 0.2) is 0 Å². The van der Waals surface area contributed by atoms with Gasteiger partial charge in [0.1, 0.15) is 11.4 Å². The van der Waals surface area contributed by atoms with Gasteiger partial charge in [-0.2, -0.15) is 13.2 Å². The van der Waals surface area contributed by atoms with E-state index in [0.717, 1.165) is 32.7 Å². The van der Waals surface area contributed by atoms with Gasteiger partial charge in [-0.15, -0.1) is 11.3 Å². The van der Waals surface area contributed by atoms with E-state index < -0.39 is 35.4 Å². The minimum atomic E-state index is -4.70. The third-order valence-corrected chi connectivity index (χ3v) is 6.04. The Morgan fingerprint density at radius 3 is 2.59 bits per heavy atom. The first-order valence-corrected chi connectivity index (χ1v) is 10.5. The standard InChI is InChI=1S/C22H15ClF3N3O2S/c1-12-18(13-5-3-2-4-6-13)19-20(32-12)27-11-29(21(19)31)10-17(30)28-16-8-7-14(23)9-15(16)22(24,25)26/h2-9,11H,10H2,1H3,(H,28,30). The smallest absolute Gasteiger partial charge is 0.324 e. The summed E-state index contributed by atoms with van der Waals surface area (Å²) < 4.78 is 40.9. The summed E-state index contributed by atoms with van der Waals surface area (Å²) in [7, 11) is 0. The first-order valence-electron chi connectivity index (χ1n) is 9.35. The second-order valence-corrected chi connectivity index (χ2v) is 8.63. The van der Waals surface area contributed by atoms with Gasteiger partial charge in [0.2, 0.25) is 5.91 Å². The molecule has 0 unspecified atom stereocenters. The van der Waals surface area contributed by atoms with Crippen LogP contribution in [0.2, 0.25) is 5.02 Å². The number of carbonyl (C=O) groups excluding carboxylic acids is 1. The largest absolute Gasteiger partial charge is 0.418 e. The molecule has 5 nitrogen and oxygen atoms in total. The predicted octanol–water partition coefficient (Wildman–Crippen LogP) is 5.74. The van der Waals surface area contributed by atoms with Crippen LogP contribution in [0.25, 0.3) is 21.3 Å². The summed E-state index contributed by atoms with van der Waals surface area (Å²) >= 11 is 7.03. The summed E-state index contributed by atoms with van der Waals surface area (Å²) in [5.41, 5.74) is -0.381. The topological polar surface area (TPSA) is 64.0 Å². The molecular formula is C22H15ClF3N3O2S. The van der Waals surface area contributed by atoms with Gasteiger partial charge in [0.25, 0.3) is 5.56 Å². The number of nitrogens with zero attached hydrogens (tertiary/aromatic N) is 2. The molecule has 10 heteroatoms. The Bertz CT molecular complexity index is 1380. The number of hydrogen-bond acceptors (Lipinski definition) is 4. The van der Waals surface area contributed by atoms with E-state index in [0.29, 0.717) is 10.2 Å². The van der Waals surface area contributed by atoms with Crippen molar-refractivity contribution in [3.8, 4) is 11.1 Å². The molecule has 2 aromatic carbocycles. The second-order valence-electron chi connectivity index (χ2n) is 6.99. The van der Waals surface area contributed by atoms with Crippen molar-refractivity contribution >= 4 is 44.7 Å². The Labute approximate surface area is 189 Å². The lowest BCUT2D eigenvalue weighted by atomic mass is 10.0. The zero-order valence-electron chi connectivity index (χ0n) is 16.5. The van der Waals surface area contributed by atoms with Crippen molar-refractivity contribution in [1.82, 2.24) is 9.55 Å². The number of nitrogens with one attached hydrogen (secondary N) is 1. The van der Waals surface area contributed by atoms with Crippen LogP contribution in [-0.2, 0) is 17.5 Å². The van der Waals surface area contributed by atoms with Gasteiger partial charge in [-0.25, -0.2) is 4.98 Å². The summed E-state index contributed by atoms with van der Waals surface area (Å²) in [5.74, 6) is -0.797. The van der Waals surface area contributed by atoms with E-state index in [9.17, 15) is 22.8 Å². The van der Waals surface area contributed by atoms with Crippen molar-refractivity contribution < 1.29 is 18.0 Å². The number of fused-ring (bicyclic) bond motifs is 1. The van der Waals surface area contributed by atoms with Crippen LogP contribution in [0, 0.1) is 6.92 Å². The number of aromatic nitrogens is 2. The van der Waals surface area contributed by atoms with Gasteiger partial charge in [-0.1, -0.05) is 41.9 Å². The van der Waals surface area contributed by atoms with Crippen LogP contribution < -0.4 is 10.9 Å². The molecule has 0 bridgehead atoms. The summed E-state index contributed by atoms with van der Waals surface area (Å²) in [5, 5.41) is 2.48. The molecular weight excluding hydrogens is 463 g/mol. The molecule has 0 radical (unpaired) electrons. The molecule has 0 saturated carbocycles. The monoisotopic (exact) mass is 477 g/mol. The molecule has 0 atom stereocenters. The van der Waals surface area contributed by atoms with Crippen LogP contribution in [0.15, 0.2) is 59.7 Å². The van der Waals surface area contributed by atoms with Crippen LogP contribution >= 0.6 is 22.9 Å². The maximum Gasteiger partial charge on any atom is 0.418 e. The Morgan fingerprint density at radius 1 is 1.19 bits per heavy atom. The molecule has 4 aromatic rings. The third-order valence-electron chi connectivity index (χ3n) is 4.79. The average Bonchev–Trinajstić information content (AvgIpc) is 3.08.